The maximum Gasteiger partial charge on any atom is 0.156 e. The summed E-state index contributed by atoms with van der Waals surface area (Å²) in [6, 6.07) is 3.59. The van der Waals surface area contributed by atoms with Gasteiger partial charge in [0.25, 0.3) is 0 Å². The van der Waals surface area contributed by atoms with E-state index in [0.717, 1.165) is 30.1 Å². The SMILES string of the molecule is CCCc1nc(N)cc(NCc2cc(C)no2)n1. The Balaban J connectivity index is 2.04. The van der Waals surface area contributed by atoms with Gasteiger partial charge in [-0.2, -0.15) is 0 Å². The van der Waals surface area contributed by atoms with Gasteiger partial charge in [-0.3, -0.25) is 0 Å². The van der Waals surface area contributed by atoms with E-state index in [1.54, 1.807) is 6.07 Å². The number of aromatic nitrogens is 3. The minimum Gasteiger partial charge on any atom is -0.384 e. The number of anilines is 2. The molecule has 0 amide bonds. The van der Waals surface area contributed by atoms with Gasteiger partial charge >= 0.3 is 0 Å². The standard InChI is InChI=1S/C12H17N5O/c1-3-4-11-15-10(13)6-12(16-11)14-7-9-5-8(2)17-18-9/h5-6H,3-4,7H2,1-2H3,(H3,13,14,15,16). The highest BCUT2D eigenvalue weighted by atomic mass is 16.5. The summed E-state index contributed by atoms with van der Waals surface area (Å²) in [6.45, 7) is 4.49. The number of aryl methyl sites for hydroxylation is 2. The molecule has 0 radical (unpaired) electrons. The van der Waals surface area contributed by atoms with Crippen molar-refractivity contribution < 1.29 is 4.52 Å². The summed E-state index contributed by atoms with van der Waals surface area (Å²) in [4.78, 5) is 8.55. The Hall–Kier alpha value is -2.11. The topological polar surface area (TPSA) is 89.9 Å². The van der Waals surface area contributed by atoms with Gasteiger partial charge in [-0.15, -0.1) is 0 Å². The van der Waals surface area contributed by atoms with E-state index in [4.69, 9.17) is 10.3 Å². The molecule has 0 aliphatic heterocycles. The van der Waals surface area contributed by atoms with E-state index in [1.165, 1.54) is 0 Å². The van der Waals surface area contributed by atoms with Crippen molar-refractivity contribution in [2.45, 2.75) is 33.2 Å². The quantitative estimate of drug-likeness (QED) is 0.839. The fourth-order valence-electron chi connectivity index (χ4n) is 1.62. The molecule has 0 aliphatic rings. The molecule has 0 aromatic carbocycles. The van der Waals surface area contributed by atoms with Crippen molar-refractivity contribution in [3.8, 4) is 0 Å². The minimum atomic E-state index is 0.477. The molecule has 3 N–H and O–H groups in total. The summed E-state index contributed by atoms with van der Waals surface area (Å²) in [6.07, 6.45) is 1.81. The molecule has 2 heterocycles. The van der Waals surface area contributed by atoms with Gasteiger partial charge in [0.1, 0.15) is 17.5 Å². The van der Waals surface area contributed by atoms with E-state index in [1.807, 2.05) is 13.0 Å². The van der Waals surface area contributed by atoms with Crippen molar-refractivity contribution in [3.05, 3.63) is 29.4 Å². The molecule has 0 unspecified atom stereocenters. The molecule has 0 saturated carbocycles. The molecule has 96 valence electrons. The van der Waals surface area contributed by atoms with Crippen LogP contribution in [0, 0.1) is 6.92 Å². The average molecular weight is 247 g/mol. The lowest BCUT2D eigenvalue weighted by molar-refractivity contribution is 0.384. The molecular formula is C12H17N5O. The van der Waals surface area contributed by atoms with E-state index in [9.17, 15) is 0 Å². The van der Waals surface area contributed by atoms with Crippen LogP contribution in [0.5, 0.6) is 0 Å². The lowest BCUT2D eigenvalue weighted by atomic mass is 10.3. The third-order valence-electron chi connectivity index (χ3n) is 2.39. The van der Waals surface area contributed by atoms with Crippen molar-refractivity contribution in [1.82, 2.24) is 15.1 Å². The molecule has 6 heteroatoms. The molecule has 2 rings (SSSR count). The summed E-state index contributed by atoms with van der Waals surface area (Å²) in [5, 5.41) is 6.97. The fraction of sp³-hybridized carbons (Fsp3) is 0.417. The second-order valence-corrected chi connectivity index (χ2v) is 4.13. The molecule has 0 aliphatic carbocycles. The van der Waals surface area contributed by atoms with Crippen LogP contribution >= 0.6 is 0 Å². The molecule has 2 aromatic rings. The van der Waals surface area contributed by atoms with Gasteiger partial charge in [0, 0.05) is 18.6 Å². The smallest absolute Gasteiger partial charge is 0.156 e. The van der Waals surface area contributed by atoms with Gasteiger partial charge in [-0.05, 0) is 13.3 Å². The van der Waals surface area contributed by atoms with Crippen molar-refractivity contribution >= 4 is 11.6 Å². The van der Waals surface area contributed by atoms with Crippen LogP contribution in [0.3, 0.4) is 0 Å². The normalized spacial score (nSPS) is 10.6. The number of nitrogen functional groups attached to an aromatic ring is 1. The Morgan fingerprint density at radius 3 is 2.83 bits per heavy atom. The first-order chi connectivity index (χ1) is 8.67. The number of nitrogens with one attached hydrogen (secondary N) is 1. The molecule has 0 spiro atoms. The lowest BCUT2D eigenvalue weighted by Gasteiger charge is -2.06. The zero-order chi connectivity index (χ0) is 13.0. The van der Waals surface area contributed by atoms with Gasteiger partial charge < -0.3 is 15.6 Å². The van der Waals surface area contributed by atoms with Crippen LogP contribution in [0.4, 0.5) is 11.6 Å². The minimum absolute atomic E-state index is 0.477. The largest absolute Gasteiger partial charge is 0.384 e. The predicted octanol–water partition coefficient (Wildman–Crippen LogP) is 1.92. The second kappa shape index (κ2) is 5.48. The molecule has 2 aromatic heterocycles. The van der Waals surface area contributed by atoms with Gasteiger partial charge in [0.2, 0.25) is 0 Å². The summed E-state index contributed by atoms with van der Waals surface area (Å²) in [7, 11) is 0. The first kappa shape index (κ1) is 12.3. The number of hydrogen-bond acceptors (Lipinski definition) is 6. The maximum atomic E-state index is 5.74. The lowest BCUT2D eigenvalue weighted by Crippen LogP contribution is -2.06. The molecule has 0 bridgehead atoms. The number of nitrogens with zero attached hydrogens (tertiary/aromatic N) is 3. The van der Waals surface area contributed by atoms with Gasteiger partial charge in [-0.1, -0.05) is 12.1 Å². The predicted molar refractivity (Wildman–Crippen MR) is 69.0 cm³/mol. The van der Waals surface area contributed by atoms with Gasteiger partial charge in [0.15, 0.2) is 5.76 Å². The Labute approximate surface area is 106 Å². The van der Waals surface area contributed by atoms with Crippen molar-refractivity contribution in [2.75, 3.05) is 11.1 Å². The van der Waals surface area contributed by atoms with Crippen molar-refractivity contribution in [3.63, 3.8) is 0 Å². The maximum absolute atomic E-state index is 5.74. The zero-order valence-corrected chi connectivity index (χ0v) is 10.6. The molecular weight excluding hydrogens is 230 g/mol. The summed E-state index contributed by atoms with van der Waals surface area (Å²) in [5.41, 5.74) is 6.60. The van der Waals surface area contributed by atoms with Crippen LogP contribution in [-0.2, 0) is 13.0 Å². The van der Waals surface area contributed by atoms with E-state index in [2.05, 4.69) is 27.4 Å². The van der Waals surface area contributed by atoms with Crippen molar-refractivity contribution in [1.29, 1.82) is 0 Å². The Bertz CT molecular complexity index is 523. The molecule has 0 saturated heterocycles. The summed E-state index contributed by atoms with van der Waals surface area (Å²) < 4.78 is 5.11. The van der Waals surface area contributed by atoms with E-state index < -0.39 is 0 Å². The molecule has 0 atom stereocenters. The molecule has 18 heavy (non-hydrogen) atoms. The number of hydrogen-bond donors (Lipinski definition) is 2. The van der Waals surface area contributed by atoms with E-state index in [0.29, 0.717) is 18.2 Å². The first-order valence-corrected chi connectivity index (χ1v) is 5.97. The average Bonchev–Trinajstić information content (AvgIpc) is 2.72. The Kier molecular flexibility index (Phi) is 3.76. The highest BCUT2D eigenvalue weighted by Crippen LogP contribution is 2.11. The fourth-order valence-corrected chi connectivity index (χ4v) is 1.62. The van der Waals surface area contributed by atoms with Gasteiger partial charge in [-0.25, -0.2) is 9.97 Å². The Morgan fingerprint density at radius 2 is 2.17 bits per heavy atom. The van der Waals surface area contributed by atoms with Crippen LogP contribution in [-0.4, -0.2) is 15.1 Å². The molecule has 0 fully saturated rings. The zero-order valence-electron chi connectivity index (χ0n) is 10.6. The highest BCUT2D eigenvalue weighted by molar-refractivity contribution is 5.44. The monoisotopic (exact) mass is 247 g/mol. The first-order valence-electron chi connectivity index (χ1n) is 5.97. The van der Waals surface area contributed by atoms with Crippen LogP contribution in [0.15, 0.2) is 16.7 Å². The van der Waals surface area contributed by atoms with Gasteiger partial charge in [0.05, 0.1) is 12.2 Å². The summed E-state index contributed by atoms with van der Waals surface area (Å²) >= 11 is 0. The molecule has 6 nitrogen and oxygen atoms in total. The Morgan fingerprint density at radius 1 is 1.33 bits per heavy atom. The number of rotatable bonds is 5. The van der Waals surface area contributed by atoms with Crippen LogP contribution in [0.2, 0.25) is 0 Å². The second-order valence-electron chi connectivity index (χ2n) is 4.13. The highest BCUT2D eigenvalue weighted by Gasteiger charge is 2.04. The van der Waals surface area contributed by atoms with Crippen LogP contribution < -0.4 is 11.1 Å². The third kappa shape index (κ3) is 3.19. The van der Waals surface area contributed by atoms with E-state index in [-0.39, 0.29) is 0 Å². The summed E-state index contributed by atoms with van der Waals surface area (Å²) in [5.74, 6) is 2.71. The van der Waals surface area contributed by atoms with Crippen LogP contribution in [0.1, 0.15) is 30.6 Å². The van der Waals surface area contributed by atoms with Crippen molar-refractivity contribution in [2.24, 2.45) is 0 Å². The third-order valence-corrected chi connectivity index (χ3v) is 2.39. The van der Waals surface area contributed by atoms with E-state index >= 15 is 0 Å². The van der Waals surface area contributed by atoms with Crippen LogP contribution in [0.25, 0.3) is 0 Å². The number of nitrogens with two attached hydrogens (primary N) is 1.